The fraction of sp³-hybridized carbons (Fsp3) is 0.529. The Morgan fingerprint density at radius 2 is 2.05 bits per heavy atom. The maximum Gasteiger partial charge on any atom is 0.119 e. The van der Waals surface area contributed by atoms with Gasteiger partial charge in [0, 0.05) is 6.04 Å². The summed E-state index contributed by atoms with van der Waals surface area (Å²) in [5.41, 5.74) is 1.38. The molecule has 1 N–H and O–H groups in total. The third-order valence-corrected chi connectivity index (χ3v) is 3.12. The van der Waals surface area contributed by atoms with Crippen LogP contribution in [0.25, 0.3) is 0 Å². The number of hydrogen-bond donors (Lipinski definition) is 1. The van der Waals surface area contributed by atoms with Crippen LogP contribution in [0.1, 0.15) is 38.7 Å². The second-order valence-corrected chi connectivity index (χ2v) is 4.96. The first kappa shape index (κ1) is 15.8. The van der Waals surface area contributed by atoms with Gasteiger partial charge in [-0.3, -0.25) is 0 Å². The van der Waals surface area contributed by atoms with Gasteiger partial charge in [-0.05, 0) is 56.8 Å². The summed E-state index contributed by atoms with van der Waals surface area (Å²) in [5, 5.41) is 3.51. The number of nitrogens with one attached hydrogen (secondary N) is 1. The lowest BCUT2D eigenvalue weighted by Gasteiger charge is -2.13. The topological polar surface area (TPSA) is 21.3 Å². The van der Waals surface area contributed by atoms with Crippen molar-refractivity contribution in [2.75, 3.05) is 13.2 Å². The molecule has 0 heterocycles. The molecular formula is C17H27NO. The molecule has 19 heavy (non-hydrogen) atoms. The molecule has 1 unspecified atom stereocenters. The Balaban J connectivity index is 2.29. The van der Waals surface area contributed by atoms with Gasteiger partial charge < -0.3 is 10.1 Å². The minimum atomic E-state index is 0.587. The maximum absolute atomic E-state index is 5.60. The molecule has 1 aromatic rings. The highest BCUT2D eigenvalue weighted by molar-refractivity contribution is 5.27. The average molecular weight is 261 g/mol. The fourth-order valence-corrected chi connectivity index (χ4v) is 1.89. The highest BCUT2D eigenvalue weighted by Crippen LogP contribution is 2.14. The lowest BCUT2D eigenvalue weighted by Crippen LogP contribution is -2.27. The number of hydrogen-bond acceptors (Lipinski definition) is 2. The van der Waals surface area contributed by atoms with Crippen molar-refractivity contribution in [3.8, 4) is 5.75 Å². The van der Waals surface area contributed by atoms with Gasteiger partial charge in [0.1, 0.15) is 5.75 Å². The molecule has 1 aromatic carbocycles. The molecule has 1 atom stereocenters. The normalized spacial score (nSPS) is 12.1. The predicted molar refractivity (Wildman–Crippen MR) is 82.8 cm³/mol. The van der Waals surface area contributed by atoms with E-state index in [9.17, 15) is 0 Å². The predicted octanol–water partition coefficient (Wildman–Crippen LogP) is 3.96. The monoisotopic (exact) mass is 261 g/mol. The quantitative estimate of drug-likeness (QED) is 0.508. The molecule has 2 nitrogen and oxygen atoms in total. The lowest BCUT2D eigenvalue weighted by molar-refractivity contribution is 0.325. The summed E-state index contributed by atoms with van der Waals surface area (Å²) in [4.78, 5) is 0. The van der Waals surface area contributed by atoms with Crippen LogP contribution in [0.5, 0.6) is 5.75 Å². The molecule has 1 rings (SSSR count). The molecule has 0 amide bonds. The lowest BCUT2D eigenvalue weighted by atomic mass is 10.1. The molecule has 0 aromatic heterocycles. The van der Waals surface area contributed by atoms with E-state index in [0.717, 1.165) is 25.1 Å². The summed E-state index contributed by atoms with van der Waals surface area (Å²) in [6.45, 7) is 9.95. The van der Waals surface area contributed by atoms with Crippen LogP contribution in [-0.4, -0.2) is 19.2 Å². The van der Waals surface area contributed by atoms with Crippen LogP contribution in [0.15, 0.2) is 36.9 Å². The van der Waals surface area contributed by atoms with Gasteiger partial charge in [0.15, 0.2) is 0 Å². The van der Waals surface area contributed by atoms with Crippen molar-refractivity contribution >= 4 is 0 Å². The second kappa shape index (κ2) is 9.62. The molecular weight excluding hydrogens is 234 g/mol. The number of ether oxygens (including phenoxy) is 1. The fourth-order valence-electron chi connectivity index (χ4n) is 1.89. The zero-order chi connectivity index (χ0) is 13.9. The molecule has 0 spiro atoms. The Bertz CT molecular complexity index is 345. The van der Waals surface area contributed by atoms with E-state index in [2.05, 4.69) is 50.0 Å². The van der Waals surface area contributed by atoms with Crippen molar-refractivity contribution in [3.63, 3.8) is 0 Å². The van der Waals surface area contributed by atoms with E-state index in [0.29, 0.717) is 12.6 Å². The number of benzene rings is 1. The maximum atomic E-state index is 5.60. The minimum absolute atomic E-state index is 0.587. The summed E-state index contributed by atoms with van der Waals surface area (Å²) in [6, 6.07) is 9.03. The van der Waals surface area contributed by atoms with E-state index in [4.69, 9.17) is 4.74 Å². The van der Waals surface area contributed by atoms with Crippen molar-refractivity contribution in [1.82, 2.24) is 5.32 Å². The van der Waals surface area contributed by atoms with Gasteiger partial charge in [0.2, 0.25) is 0 Å². The van der Waals surface area contributed by atoms with Gasteiger partial charge >= 0.3 is 0 Å². The Morgan fingerprint density at radius 1 is 1.32 bits per heavy atom. The molecule has 0 aliphatic carbocycles. The molecule has 0 bridgehead atoms. The van der Waals surface area contributed by atoms with Crippen LogP contribution in [0.2, 0.25) is 0 Å². The van der Waals surface area contributed by atoms with Crippen LogP contribution in [0, 0.1) is 0 Å². The van der Waals surface area contributed by atoms with Gasteiger partial charge in [-0.2, -0.15) is 0 Å². The van der Waals surface area contributed by atoms with Gasteiger partial charge in [-0.1, -0.05) is 25.1 Å². The van der Waals surface area contributed by atoms with Crippen LogP contribution >= 0.6 is 0 Å². The summed E-state index contributed by atoms with van der Waals surface area (Å²) in [6.07, 6.45) is 6.25. The largest absolute Gasteiger partial charge is 0.493 e. The van der Waals surface area contributed by atoms with Crippen LogP contribution in [0.3, 0.4) is 0 Å². The molecule has 0 saturated heterocycles. The van der Waals surface area contributed by atoms with E-state index >= 15 is 0 Å². The first-order valence-electron chi connectivity index (χ1n) is 7.32. The van der Waals surface area contributed by atoms with Crippen molar-refractivity contribution in [3.05, 3.63) is 42.5 Å². The SMILES string of the molecule is C=CCCOc1ccc(CCC(C)NCCC)cc1. The molecule has 106 valence electrons. The van der Waals surface area contributed by atoms with E-state index < -0.39 is 0 Å². The van der Waals surface area contributed by atoms with E-state index in [1.165, 1.54) is 18.4 Å². The molecule has 0 aliphatic heterocycles. The third-order valence-electron chi connectivity index (χ3n) is 3.12. The van der Waals surface area contributed by atoms with E-state index in [1.54, 1.807) is 0 Å². The highest BCUT2D eigenvalue weighted by Gasteiger charge is 2.01. The number of aryl methyl sites for hydroxylation is 1. The summed E-state index contributed by atoms with van der Waals surface area (Å²) in [5.74, 6) is 0.947. The number of rotatable bonds is 10. The molecule has 0 radical (unpaired) electrons. The van der Waals surface area contributed by atoms with Crippen molar-refractivity contribution in [2.45, 2.75) is 45.6 Å². The van der Waals surface area contributed by atoms with Gasteiger partial charge in [-0.15, -0.1) is 6.58 Å². The highest BCUT2D eigenvalue weighted by atomic mass is 16.5. The molecule has 0 fully saturated rings. The van der Waals surface area contributed by atoms with Crippen molar-refractivity contribution in [2.24, 2.45) is 0 Å². The van der Waals surface area contributed by atoms with E-state index in [1.807, 2.05) is 6.08 Å². The zero-order valence-electron chi connectivity index (χ0n) is 12.3. The summed E-state index contributed by atoms with van der Waals surface area (Å²) >= 11 is 0. The van der Waals surface area contributed by atoms with Crippen molar-refractivity contribution in [1.29, 1.82) is 0 Å². The standard InChI is InChI=1S/C17H27NO/c1-4-6-14-19-17-11-9-16(10-12-17)8-7-15(3)18-13-5-2/h4,9-12,15,18H,1,5-8,13-14H2,2-3H3. The van der Waals surface area contributed by atoms with Gasteiger partial charge in [0.05, 0.1) is 6.61 Å². The molecule has 0 saturated carbocycles. The Morgan fingerprint density at radius 3 is 2.68 bits per heavy atom. The first-order chi connectivity index (χ1) is 9.26. The van der Waals surface area contributed by atoms with Crippen molar-refractivity contribution < 1.29 is 4.74 Å². The smallest absolute Gasteiger partial charge is 0.119 e. The van der Waals surface area contributed by atoms with Crippen LogP contribution in [0.4, 0.5) is 0 Å². The Labute approximate surface area is 117 Å². The van der Waals surface area contributed by atoms with Gasteiger partial charge in [0.25, 0.3) is 0 Å². The Kier molecular flexibility index (Phi) is 7.99. The molecule has 0 aliphatic rings. The van der Waals surface area contributed by atoms with Crippen LogP contribution in [-0.2, 0) is 6.42 Å². The first-order valence-corrected chi connectivity index (χ1v) is 7.32. The summed E-state index contributed by atoms with van der Waals surface area (Å²) < 4.78 is 5.60. The van der Waals surface area contributed by atoms with Crippen LogP contribution < -0.4 is 10.1 Å². The Hall–Kier alpha value is -1.28. The summed E-state index contributed by atoms with van der Waals surface area (Å²) in [7, 11) is 0. The van der Waals surface area contributed by atoms with Gasteiger partial charge in [-0.25, -0.2) is 0 Å². The van der Waals surface area contributed by atoms with E-state index in [-0.39, 0.29) is 0 Å². The molecule has 2 heteroatoms. The third kappa shape index (κ3) is 7.02. The zero-order valence-corrected chi connectivity index (χ0v) is 12.3. The average Bonchev–Trinajstić information content (AvgIpc) is 2.44. The second-order valence-electron chi connectivity index (χ2n) is 4.96. The minimum Gasteiger partial charge on any atom is -0.493 e.